The van der Waals surface area contributed by atoms with Gasteiger partial charge in [0, 0.05) is 17.5 Å². The highest BCUT2D eigenvalue weighted by molar-refractivity contribution is 9.10. The smallest absolute Gasteiger partial charge is 0.137 e. The Morgan fingerprint density at radius 2 is 2.27 bits per heavy atom. The Labute approximate surface area is 98.1 Å². The van der Waals surface area contributed by atoms with Gasteiger partial charge < -0.3 is 10.1 Å². The van der Waals surface area contributed by atoms with Crippen LogP contribution in [-0.2, 0) is 5.41 Å². The number of nitrogens with one attached hydrogen (secondary N) is 1. The second-order valence-corrected chi connectivity index (χ2v) is 5.28. The lowest BCUT2D eigenvalue weighted by Crippen LogP contribution is -2.35. The minimum absolute atomic E-state index is 0.331. The number of hydrogen-bond donors (Lipinski definition) is 1. The van der Waals surface area contributed by atoms with Gasteiger partial charge >= 0.3 is 0 Å². The van der Waals surface area contributed by atoms with Gasteiger partial charge in [0.2, 0.25) is 0 Å². The quantitative estimate of drug-likeness (QED) is 0.780. The average molecular weight is 268 g/mol. The van der Waals surface area contributed by atoms with Gasteiger partial charge in [-0.3, -0.25) is 0 Å². The number of para-hydroxylation sites is 1. The van der Waals surface area contributed by atoms with E-state index in [0.29, 0.717) is 5.41 Å². The number of benzene rings is 1. The number of ether oxygens (including phenoxy) is 1. The lowest BCUT2D eigenvalue weighted by molar-refractivity contribution is 0.222. The van der Waals surface area contributed by atoms with Gasteiger partial charge in [-0.15, -0.1) is 0 Å². The summed E-state index contributed by atoms with van der Waals surface area (Å²) in [6.45, 7) is 3.07. The molecule has 1 aromatic rings. The molecule has 1 saturated heterocycles. The summed E-state index contributed by atoms with van der Waals surface area (Å²) in [5.74, 6) is 1.06. The highest BCUT2D eigenvalue weighted by Gasteiger charge is 2.40. The van der Waals surface area contributed by atoms with Crippen LogP contribution in [0.2, 0.25) is 0 Å². The maximum absolute atomic E-state index is 5.77. The van der Waals surface area contributed by atoms with Gasteiger partial charge in [-0.2, -0.15) is 0 Å². The summed E-state index contributed by atoms with van der Waals surface area (Å²) in [6, 6.07) is 6.38. The standard InChI is InChI=1S/C12H14BrNO/c13-10-3-1-2-9-11(10)15-7-5-12(9)4-6-14-8-12/h1-3,14H,4-8H2. The van der Waals surface area contributed by atoms with Gasteiger partial charge in [0.15, 0.2) is 0 Å². The molecule has 0 amide bonds. The van der Waals surface area contributed by atoms with E-state index in [1.807, 2.05) is 0 Å². The van der Waals surface area contributed by atoms with Crippen molar-refractivity contribution in [3.63, 3.8) is 0 Å². The Bertz CT molecular complexity index is 385. The van der Waals surface area contributed by atoms with Crippen LogP contribution in [0.15, 0.2) is 22.7 Å². The number of rotatable bonds is 0. The molecule has 1 unspecified atom stereocenters. The topological polar surface area (TPSA) is 21.3 Å². The number of fused-ring (bicyclic) bond motifs is 2. The Morgan fingerprint density at radius 3 is 3.07 bits per heavy atom. The van der Waals surface area contributed by atoms with E-state index in [2.05, 4.69) is 39.4 Å². The third-order valence-electron chi connectivity index (χ3n) is 3.61. The first-order valence-electron chi connectivity index (χ1n) is 5.44. The van der Waals surface area contributed by atoms with E-state index in [9.17, 15) is 0 Å². The molecule has 3 rings (SSSR count). The van der Waals surface area contributed by atoms with Crippen LogP contribution >= 0.6 is 15.9 Å². The first-order chi connectivity index (χ1) is 7.32. The summed E-state index contributed by atoms with van der Waals surface area (Å²) in [5.41, 5.74) is 1.71. The molecule has 0 radical (unpaired) electrons. The van der Waals surface area contributed by atoms with E-state index in [1.165, 1.54) is 12.0 Å². The third kappa shape index (κ3) is 1.41. The van der Waals surface area contributed by atoms with E-state index < -0.39 is 0 Å². The van der Waals surface area contributed by atoms with E-state index >= 15 is 0 Å². The van der Waals surface area contributed by atoms with Crippen LogP contribution in [-0.4, -0.2) is 19.7 Å². The van der Waals surface area contributed by atoms with Gasteiger partial charge in [0.1, 0.15) is 5.75 Å². The molecule has 2 heterocycles. The predicted molar refractivity (Wildman–Crippen MR) is 63.4 cm³/mol. The summed E-state index contributed by atoms with van der Waals surface area (Å²) in [7, 11) is 0. The van der Waals surface area contributed by atoms with Crippen molar-refractivity contribution in [3.8, 4) is 5.75 Å². The molecule has 1 atom stereocenters. The highest BCUT2D eigenvalue weighted by Crippen LogP contribution is 2.45. The first-order valence-corrected chi connectivity index (χ1v) is 6.24. The summed E-state index contributed by atoms with van der Waals surface area (Å²) < 4.78 is 6.86. The Kier molecular flexibility index (Phi) is 2.25. The van der Waals surface area contributed by atoms with E-state index in [-0.39, 0.29) is 0 Å². The molecule has 2 nitrogen and oxygen atoms in total. The van der Waals surface area contributed by atoms with Crippen LogP contribution < -0.4 is 10.1 Å². The van der Waals surface area contributed by atoms with Gasteiger partial charge in [-0.05, 0) is 41.4 Å². The molecule has 80 valence electrons. The lowest BCUT2D eigenvalue weighted by Gasteiger charge is -2.35. The van der Waals surface area contributed by atoms with Gasteiger partial charge in [-0.1, -0.05) is 12.1 Å². The zero-order chi connectivity index (χ0) is 10.3. The predicted octanol–water partition coefficient (Wildman–Crippen LogP) is 2.46. The molecule has 1 spiro atoms. The minimum Gasteiger partial charge on any atom is -0.492 e. The second-order valence-electron chi connectivity index (χ2n) is 4.42. The normalized spacial score (nSPS) is 28.9. The largest absolute Gasteiger partial charge is 0.492 e. The monoisotopic (exact) mass is 267 g/mol. The molecule has 2 aliphatic heterocycles. The molecule has 15 heavy (non-hydrogen) atoms. The zero-order valence-corrected chi connectivity index (χ0v) is 10.1. The van der Waals surface area contributed by atoms with Crippen molar-refractivity contribution in [3.05, 3.63) is 28.2 Å². The fraction of sp³-hybridized carbons (Fsp3) is 0.500. The Hall–Kier alpha value is -0.540. The summed E-state index contributed by atoms with van der Waals surface area (Å²) in [4.78, 5) is 0. The molecule has 3 heteroatoms. The maximum atomic E-state index is 5.77. The second kappa shape index (κ2) is 3.49. The molecular weight excluding hydrogens is 254 g/mol. The van der Waals surface area contributed by atoms with E-state index in [1.54, 1.807) is 0 Å². The average Bonchev–Trinajstić information content (AvgIpc) is 2.70. The number of halogens is 1. The molecular formula is C12H14BrNO. The van der Waals surface area contributed by atoms with Gasteiger partial charge in [0.25, 0.3) is 0 Å². The lowest BCUT2D eigenvalue weighted by atomic mass is 9.75. The van der Waals surface area contributed by atoms with Crippen molar-refractivity contribution in [1.82, 2.24) is 5.32 Å². The van der Waals surface area contributed by atoms with Crippen molar-refractivity contribution in [2.75, 3.05) is 19.7 Å². The van der Waals surface area contributed by atoms with Crippen molar-refractivity contribution in [2.24, 2.45) is 0 Å². The van der Waals surface area contributed by atoms with Crippen molar-refractivity contribution >= 4 is 15.9 Å². The van der Waals surface area contributed by atoms with Gasteiger partial charge in [0.05, 0.1) is 11.1 Å². The van der Waals surface area contributed by atoms with Crippen molar-refractivity contribution in [1.29, 1.82) is 0 Å². The molecule has 0 aromatic heterocycles. The Morgan fingerprint density at radius 1 is 1.33 bits per heavy atom. The molecule has 0 saturated carbocycles. The van der Waals surface area contributed by atoms with Crippen LogP contribution in [0.1, 0.15) is 18.4 Å². The molecule has 0 aliphatic carbocycles. The van der Waals surface area contributed by atoms with E-state index in [0.717, 1.165) is 36.3 Å². The molecule has 2 aliphatic rings. The van der Waals surface area contributed by atoms with Crippen LogP contribution in [0.5, 0.6) is 5.75 Å². The summed E-state index contributed by atoms with van der Waals surface area (Å²) >= 11 is 3.57. The molecule has 1 aromatic carbocycles. The Balaban J connectivity index is 2.14. The van der Waals surface area contributed by atoms with Gasteiger partial charge in [-0.25, -0.2) is 0 Å². The molecule has 0 bridgehead atoms. The minimum atomic E-state index is 0.331. The van der Waals surface area contributed by atoms with E-state index in [4.69, 9.17) is 4.74 Å². The SMILES string of the molecule is Brc1cccc2c1OCCC21CCNC1. The molecule has 1 fully saturated rings. The fourth-order valence-corrected chi connectivity index (χ4v) is 3.22. The molecule has 1 N–H and O–H groups in total. The first kappa shape index (κ1) is 9.67. The summed E-state index contributed by atoms with van der Waals surface area (Å²) in [6.07, 6.45) is 2.38. The summed E-state index contributed by atoms with van der Waals surface area (Å²) in [5, 5.41) is 3.47. The van der Waals surface area contributed by atoms with Crippen LogP contribution in [0, 0.1) is 0 Å². The third-order valence-corrected chi connectivity index (χ3v) is 4.23. The zero-order valence-electron chi connectivity index (χ0n) is 8.55. The highest BCUT2D eigenvalue weighted by atomic mass is 79.9. The van der Waals surface area contributed by atoms with Crippen LogP contribution in [0.3, 0.4) is 0 Å². The van der Waals surface area contributed by atoms with Crippen molar-refractivity contribution < 1.29 is 4.74 Å². The number of hydrogen-bond acceptors (Lipinski definition) is 2. The van der Waals surface area contributed by atoms with Crippen molar-refractivity contribution in [2.45, 2.75) is 18.3 Å². The fourth-order valence-electron chi connectivity index (χ4n) is 2.74. The maximum Gasteiger partial charge on any atom is 0.137 e. The van der Waals surface area contributed by atoms with Crippen LogP contribution in [0.25, 0.3) is 0 Å². The van der Waals surface area contributed by atoms with Crippen LogP contribution in [0.4, 0.5) is 0 Å².